The van der Waals surface area contributed by atoms with Gasteiger partial charge in [0.05, 0.1) is 35.3 Å². The van der Waals surface area contributed by atoms with Crippen LogP contribution in [0, 0.1) is 12.7 Å². The second-order valence-corrected chi connectivity index (χ2v) is 9.91. The van der Waals surface area contributed by atoms with Crippen molar-refractivity contribution >= 4 is 0 Å². The molecule has 0 saturated carbocycles. The normalized spacial score (nSPS) is 13.7. The Morgan fingerprint density at radius 3 is 2.37 bits per heavy atom. The number of hydrogen-bond donors (Lipinski definition) is 1. The lowest BCUT2D eigenvalue weighted by Gasteiger charge is -2.31. The number of aryl methyl sites for hydroxylation is 1. The molecule has 1 aromatic heterocycles. The van der Waals surface area contributed by atoms with E-state index in [2.05, 4.69) is 18.7 Å². The summed E-state index contributed by atoms with van der Waals surface area (Å²) in [6, 6.07) is 16.2. The number of ether oxygens (including phenoxy) is 2. The van der Waals surface area contributed by atoms with Gasteiger partial charge in [0, 0.05) is 19.1 Å². The molecule has 1 N–H and O–H groups in total. The third kappa shape index (κ3) is 7.37. The zero-order chi connectivity index (χ0) is 25.6. The van der Waals surface area contributed by atoms with Crippen molar-refractivity contribution in [3.8, 4) is 17.3 Å². The van der Waals surface area contributed by atoms with Crippen LogP contribution in [0.3, 0.4) is 0 Å². The van der Waals surface area contributed by atoms with Crippen LogP contribution in [-0.2, 0) is 11.3 Å². The maximum absolute atomic E-state index is 14.5. The van der Waals surface area contributed by atoms with Gasteiger partial charge in [-0.25, -0.2) is 9.07 Å². The lowest BCUT2D eigenvalue weighted by molar-refractivity contribution is -0.0593. The average molecular weight is 484 g/mol. The number of aliphatic hydroxyl groups excluding tert-OH is 1. The van der Waals surface area contributed by atoms with Gasteiger partial charge in [-0.3, -0.25) is 4.90 Å². The van der Waals surface area contributed by atoms with E-state index in [1.54, 1.807) is 22.9 Å². The first-order valence-electron chi connectivity index (χ1n) is 12.2. The van der Waals surface area contributed by atoms with Crippen LogP contribution in [0.5, 0.6) is 11.6 Å². The van der Waals surface area contributed by atoms with E-state index >= 15 is 0 Å². The second kappa shape index (κ2) is 11.8. The summed E-state index contributed by atoms with van der Waals surface area (Å²) in [5.74, 6) is 0.164. The first-order valence-corrected chi connectivity index (χ1v) is 12.2. The smallest absolute Gasteiger partial charge is 0.227 e. The molecule has 0 amide bonds. The summed E-state index contributed by atoms with van der Waals surface area (Å²) < 4.78 is 28.2. The minimum atomic E-state index is -0.649. The zero-order valence-electron chi connectivity index (χ0n) is 21.7. The molecule has 6 nitrogen and oxygen atoms in total. The summed E-state index contributed by atoms with van der Waals surface area (Å²) in [6.45, 7) is 13.3. The topological polar surface area (TPSA) is 59.8 Å². The van der Waals surface area contributed by atoms with Gasteiger partial charge < -0.3 is 14.6 Å². The number of benzene rings is 2. The van der Waals surface area contributed by atoms with Gasteiger partial charge in [0.25, 0.3) is 0 Å². The van der Waals surface area contributed by atoms with E-state index in [1.807, 2.05) is 58.0 Å². The average Bonchev–Trinajstić information content (AvgIpc) is 3.13. The minimum absolute atomic E-state index is 0.138. The van der Waals surface area contributed by atoms with Crippen LogP contribution in [0.25, 0.3) is 5.69 Å². The van der Waals surface area contributed by atoms with Crippen LogP contribution in [0.4, 0.5) is 4.39 Å². The molecule has 0 spiro atoms. The molecule has 0 unspecified atom stereocenters. The summed E-state index contributed by atoms with van der Waals surface area (Å²) >= 11 is 0. The summed E-state index contributed by atoms with van der Waals surface area (Å²) in [7, 11) is 0. The molecule has 0 bridgehead atoms. The van der Waals surface area contributed by atoms with E-state index in [0.29, 0.717) is 19.0 Å². The zero-order valence-corrected chi connectivity index (χ0v) is 21.7. The van der Waals surface area contributed by atoms with Gasteiger partial charge in [0.15, 0.2) is 11.6 Å². The van der Waals surface area contributed by atoms with Crippen molar-refractivity contribution in [3.63, 3.8) is 0 Å². The molecule has 0 aliphatic heterocycles. The quantitative estimate of drug-likeness (QED) is 0.369. The first-order chi connectivity index (χ1) is 16.6. The molecule has 35 heavy (non-hydrogen) atoms. The molecular weight excluding hydrogens is 445 g/mol. The predicted molar refractivity (Wildman–Crippen MR) is 137 cm³/mol. The van der Waals surface area contributed by atoms with Gasteiger partial charge >= 0.3 is 0 Å². The Balaban J connectivity index is 1.96. The van der Waals surface area contributed by atoms with E-state index < -0.39 is 11.9 Å². The molecule has 3 rings (SSSR count). The fourth-order valence-electron chi connectivity index (χ4n) is 3.73. The number of halogens is 1. The van der Waals surface area contributed by atoms with Crippen molar-refractivity contribution in [2.75, 3.05) is 13.2 Å². The number of aromatic nitrogens is 2. The van der Waals surface area contributed by atoms with E-state index in [1.165, 1.54) is 6.07 Å². The van der Waals surface area contributed by atoms with E-state index in [0.717, 1.165) is 23.4 Å². The SMILES string of the molecule is CC[C@@H](C)N(Cc1c(C)nn(-c2ccccc2)c1Oc1ccccc1F)C[C@@H](O)COC(C)(C)C. The molecule has 0 aliphatic rings. The predicted octanol–water partition coefficient (Wildman–Crippen LogP) is 5.89. The Morgan fingerprint density at radius 1 is 1.09 bits per heavy atom. The van der Waals surface area contributed by atoms with Gasteiger partial charge in [0.2, 0.25) is 5.88 Å². The lowest BCUT2D eigenvalue weighted by atomic mass is 10.1. The second-order valence-electron chi connectivity index (χ2n) is 9.91. The number of para-hydroxylation sites is 2. The highest BCUT2D eigenvalue weighted by molar-refractivity contribution is 5.43. The van der Waals surface area contributed by atoms with Crippen molar-refractivity contribution < 1.29 is 19.0 Å². The van der Waals surface area contributed by atoms with Crippen molar-refractivity contribution in [1.29, 1.82) is 0 Å². The Kier molecular flexibility index (Phi) is 9.05. The van der Waals surface area contributed by atoms with Gasteiger partial charge in [-0.2, -0.15) is 5.10 Å². The van der Waals surface area contributed by atoms with Crippen LogP contribution in [0.1, 0.15) is 52.3 Å². The highest BCUT2D eigenvalue weighted by Gasteiger charge is 2.25. The van der Waals surface area contributed by atoms with Gasteiger partial charge in [-0.05, 0) is 65.3 Å². The largest absolute Gasteiger partial charge is 0.435 e. The van der Waals surface area contributed by atoms with Crippen LogP contribution in [0.15, 0.2) is 54.6 Å². The molecule has 0 fully saturated rings. The summed E-state index contributed by atoms with van der Waals surface area (Å²) in [5.41, 5.74) is 2.13. The molecule has 2 atom stereocenters. The number of aliphatic hydroxyl groups is 1. The number of nitrogens with zero attached hydrogens (tertiary/aromatic N) is 3. The monoisotopic (exact) mass is 483 g/mol. The molecule has 0 aliphatic carbocycles. The number of rotatable bonds is 11. The highest BCUT2D eigenvalue weighted by Crippen LogP contribution is 2.33. The fraction of sp³-hybridized carbons (Fsp3) is 0.464. The molecule has 2 aromatic carbocycles. The first kappa shape index (κ1) is 26.9. The van der Waals surface area contributed by atoms with E-state index in [9.17, 15) is 9.50 Å². The van der Waals surface area contributed by atoms with Gasteiger partial charge in [0.1, 0.15) is 0 Å². The molecule has 3 aromatic rings. The molecule has 0 saturated heterocycles. The fourth-order valence-corrected chi connectivity index (χ4v) is 3.73. The number of hydrogen-bond acceptors (Lipinski definition) is 5. The van der Waals surface area contributed by atoms with Gasteiger partial charge in [-0.15, -0.1) is 0 Å². The highest BCUT2D eigenvalue weighted by atomic mass is 19.1. The summed E-state index contributed by atoms with van der Waals surface area (Å²) in [6.07, 6.45) is 0.256. The molecule has 0 radical (unpaired) electrons. The third-order valence-corrected chi connectivity index (χ3v) is 5.91. The molecular formula is C28H38FN3O3. The standard InChI is InChI=1S/C28H38FN3O3/c1-7-20(2)31(17-23(33)19-34-28(4,5)6)18-24-21(3)30-32(22-13-9-8-10-14-22)27(24)35-26-16-12-11-15-25(26)29/h8-16,20,23,33H,7,17-19H2,1-6H3/t20-,23-/m1/s1. The van der Waals surface area contributed by atoms with Crippen LogP contribution in [0.2, 0.25) is 0 Å². The van der Waals surface area contributed by atoms with Crippen molar-refractivity contribution in [3.05, 3.63) is 71.7 Å². The Labute approximate surface area is 208 Å². The van der Waals surface area contributed by atoms with E-state index in [4.69, 9.17) is 14.6 Å². The van der Waals surface area contributed by atoms with Crippen molar-refractivity contribution in [2.45, 2.75) is 72.3 Å². The van der Waals surface area contributed by atoms with Crippen LogP contribution in [-0.4, -0.2) is 50.7 Å². The lowest BCUT2D eigenvalue weighted by Crippen LogP contribution is -2.41. The molecule has 7 heteroatoms. The minimum Gasteiger partial charge on any atom is -0.435 e. The summed E-state index contributed by atoms with van der Waals surface area (Å²) in [4.78, 5) is 2.20. The van der Waals surface area contributed by atoms with E-state index in [-0.39, 0.29) is 24.0 Å². The van der Waals surface area contributed by atoms with Gasteiger partial charge in [-0.1, -0.05) is 37.3 Å². The van der Waals surface area contributed by atoms with Crippen LogP contribution < -0.4 is 4.74 Å². The van der Waals surface area contributed by atoms with Crippen LogP contribution >= 0.6 is 0 Å². The Morgan fingerprint density at radius 2 is 1.74 bits per heavy atom. The van der Waals surface area contributed by atoms with Crippen molar-refractivity contribution in [1.82, 2.24) is 14.7 Å². The molecule has 1 heterocycles. The maximum atomic E-state index is 14.5. The third-order valence-electron chi connectivity index (χ3n) is 5.91. The maximum Gasteiger partial charge on any atom is 0.227 e. The molecule has 190 valence electrons. The summed E-state index contributed by atoms with van der Waals surface area (Å²) in [5, 5.41) is 15.5. The Bertz CT molecular complexity index is 1080. The Hall–Kier alpha value is -2.74. The van der Waals surface area contributed by atoms with Crippen molar-refractivity contribution in [2.24, 2.45) is 0 Å².